The number of imidazole rings is 1. The second-order valence-electron chi connectivity index (χ2n) is 4.75. The fraction of sp³-hybridized carbons (Fsp3) is 0.727. The van der Waals surface area contributed by atoms with Crippen molar-refractivity contribution in [2.45, 2.75) is 19.4 Å². The summed E-state index contributed by atoms with van der Waals surface area (Å²) in [6.07, 6.45) is 6.78. The first kappa shape index (κ1) is 14.4. The smallest absolute Gasteiger partial charge is 0.279 e. The van der Waals surface area contributed by atoms with Gasteiger partial charge in [-0.2, -0.15) is 12.7 Å². The van der Waals surface area contributed by atoms with Gasteiger partial charge in [0.05, 0.1) is 6.33 Å². The minimum atomic E-state index is -3.44. The van der Waals surface area contributed by atoms with E-state index in [1.54, 1.807) is 18.7 Å². The second kappa shape index (κ2) is 6.47. The summed E-state index contributed by atoms with van der Waals surface area (Å²) in [6.45, 7) is 1.85. The van der Waals surface area contributed by atoms with Crippen molar-refractivity contribution >= 4 is 10.2 Å². The highest BCUT2D eigenvalue weighted by atomic mass is 32.2. The molecule has 8 heteroatoms. The Hall–Kier alpha value is -0.960. The first-order valence-corrected chi connectivity index (χ1v) is 7.87. The molecule has 0 spiro atoms. The van der Waals surface area contributed by atoms with Crippen molar-refractivity contribution in [2.24, 2.45) is 5.92 Å². The van der Waals surface area contributed by atoms with E-state index in [0.717, 1.165) is 12.8 Å². The third-order valence-corrected chi connectivity index (χ3v) is 4.87. The van der Waals surface area contributed by atoms with Crippen LogP contribution in [0.4, 0.5) is 0 Å². The monoisotopic (exact) mass is 288 g/mol. The molecule has 0 bridgehead atoms. The fourth-order valence-corrected chi connectivity index (χ4v) is 3.52. The number of hydrogen-bond donors (Lipinski definition) is 2. The molecular weight excluding hydrogens is 268 g/mol. The molecule has 19 heavy (non-hydrogen) atoms. The number of nitrogens with one attached hydrogen (secondary N) is 1. The summed E-state index contributed by atoms with van der Waals surface area (Å²) >= 11 is 0. The van der Waals surface area contributed by atoms with Crippen molar-refractivity contribution in [3.63, 3.8) is 0 Å². The minimum absolute atomic E-state index is 0.0427. The third-order valence-electron chi connectivity index (χ3n) is 3.29. The molecule has 1 aliphatic heterocycles. The summed E-state index contributed by atoms with van der Waals surface area (Å²) < 4.78 is 30.0. The van der Waals surface area contributed by atoms with E-state index in [1.807, 2.05) is 4.57 Å². The molecular formula is C11H20N4O3S. The summed E-state index contributed by atoms with van der Waals surface area (Å²) in [7, 11) is -3.44. The molecule has 0 amide bonds. The van der Waals surface area contributed by atoms with Gasteiger partial charge in [-0.3, -0.25) is 0 Å². The minimum Gasteiger partial charge on any atom is -0.396 e. The molecule has 108 valence electrons. The van der Waals surface area contributed by atoms with Crippen molar-refractivity contribution in [1.82, 2.24) is 18.6 Å². The van der Waals surface area contributed by atoms with Gasteiger partial charge in [0.1, 0.15) is 0 Å². The van der Waals surface area contributed by atoms with Crippen molar-refractivity contribution in [3.8, 4) is 0 Å². The van der Waals surface area contributed by atoms with Crippen LogP contribution < -0.4 is 4.72 Å². The predicted octanol–water partition coefficient (Wildman–Crippen LogP) is -0.578. The summed E-state index contributed by atoms with van der Waals surface area (Å²) in [5.74, 6) is 0.0546. The molecule has 1 aromatic rings. The topological polar surface area (TPSA) is 87.5 Å². The van der Waals surface area contributed by atoms with E-state index in [2.05, 4.69) is 9.71 Å². The maximum atomic E-state index is 12.1. The van der Waals surface area contributed by atoms with Crippen LogP contribution in [-0.2, 0) is 16.8 Å². The Labute approximate surface area is 113 Å². The van der Waals surface area contributed by atoms with Crippen molar-refractivity contribution < 1.29 is 13.5 Å². The van der Waals surface area contributed by atoms with Crippen LogP contribution in [0.5, 0.6) is 0 Å². The normalized spacial score (nSPS) is 21.6. The molecule has 7 nitrogen and oxygen atoms in total. The van der Waals surface area contributed by atoms with Gasteiger partial charge >= 0.3 is 0 Å². The highest BCUT2D eigenvalue weighted by molar-refractivity contribution is 7.87. The van der Waals surface area contributed by atoms with Crippen LogP contribution >= 0.6 is 0 Å². The maximum Gasteiger partial charge on any atom is 0.279 e. The lowest BCUT2D eigenvalue weighted by atomic mass is 10.0. The van der Waals surface area contributed by atoms with Gasteiger partial charge < -0.3 is 9.67 Å². The lowest BCUT2D eigenvalue weighted by Gasteiger charge is -2.30. The van der Waals surface area contributed by atoms with E-state index in [-0.39, 0.29) is 12.5 Å². The predicted molar refractivity (Wildman–Crippen MR) is 70.5 cm³/mol. The first-order valence-electron chi connectivity index (χ1n) is 6.43. The Morgan fingerprint density at radius 3 is 3.00 bits per heavy atom. The van der Waals surface area contributed by atoms with Crippen LogP contribution in [0.2, 0.25) is 0 Å². The highest BCUT2D eigenvalue weighted by Gasteiger charge is 2.27. The van der Waals surface area contributed by atoms with E-state index >= 15 is 0 Å². The molecule has 1 saturated heterocycles. The molecule has 0 aliphatic carbocycles. The lowest BCUT2D eigenvalue weighted by molar-refractivity contribution is 0.164. The van der Waals surface area contributed by atoms with Crippen LogP contribution in [0, 0.1) is 5.92 Å². The Kier molecular flexibility index (Phi) is 4.92. The molecule has 0 saturated carbocycles. The molecule has 1 fully saturated rings. The van der Waals surface area contributed by atoms with Crippen LogP contribution in [-0.4, -0.2) is 53.6 Å². The van der Waals surface area contributed by atoms with Gasteiger partial charge in [-0.1, -0.05) is 0 Å². The van der Waals surface area contributed by atoms with Crippen LogP contribution in [0.1, 0.15) is 12.8 Å². The number of aromatic nitrogens is 2. The summed E-state index contributed by atoms with van der Waals surface area (Å²) in [4.78, 5) is 3.90. The number of hydrogen-bond acceptors (Lipinski definition) is 4. The van der Waals surface area contributed by atoms with Crippen molar-refractivity contribution in [2.75, 3.05) is 26.2 Å². The Morgan fingerprint density at radius 1 is 1.47 bits per heavy atom. The zero-order valence-corrected chi connectivity index (χ0v) is 11.6. The number of aliphatic hydroxyl groups excluding tert-OH is 1. The first-order chi connectivity index (χ1) is 9.12. The average molecular weight is 288 g/mol. The lowest BCUT2D eigenvalue weighted by Crippen LogP contribution is -2.47. The molecule has 1 unspecified atom stereocenters. The van der Waals surface area contributed by atoms with E-state index in [0.29, 0.717) is 26.2 Å². The molecule has 2 N–H and O–H groups in total. The van der Waals surface area contributed by atoms with Crippen molar-refractivity contribution in [3.05, 3.63) is 18.7 Å². The van der Waals surface area contributed by atoms with E-state index in [4.69, 9.17) is 5.11 Å². The average Bonchev–Trinajstić information content (AvgIpc) is 2.92. The fourth-order valence-electron chi connectivity index (χ4n) is 2.21. The summed E-state index contributed by atoms with van der Waals surface area (Å²) in [5.41, 5.74) is 0. The zero-order chi connectivity index (χ0) is 13.7. The maximum absolute atomic E-state index is 12.1. The molecule has 1 aromatic heterocycles. The van der Waals surface area contributed by atoms with Gasteiger partial charge in [0.25, 0.3) is 10.2 Å². The van der Waals surface area contributed by atoms with Gasteiger partial charge in [0.2, 0.25) is 0 Å². The largest absolute Gasteiger partial charge is 0.396 e. The van der Waals surface area contributed by atoms with Gasteiger partial charge in [-0.15, -0.1) is 0 Å². The van der Waals surface area contributed by atoms with Gasteiger partial charge in [0.15, 0.2) is 0 Å². The number of aliphatic hydroxyl groups is 1. The van der Waals surface area contributed by atoms with Gasteiger partial charge in [-0.05, 0) is 18.8 Å². The highest BCUT2D eigenvalue weighted by Crippen LogP contribution is 2.17. The Balaban J connectivity index is 1.83. The number of rotatable bonds is 6. The molecule has 1 aliphatic rings. The van der Waals surface area contributed by atoms with Gasteiger partial charge in [-0.25, -0.2) is 9.71 Å². The number of nitrogens with zero attached hydrogens (tertiary/aromatic N) is 3. The van der Waals surface area contributed by atoms with E-state index in [9.17, 15) is 8.42 Å². The summed E-state index contributed by atoms with van der Waals surface area (Å²) in [5, 5.41) is 9.12. The zero-order valence-electron chi connectivity index (χ0n) is 10.8. The van der Waals surface area contributed by atoms with Gasteiger partial charge in [0, 0.05) is 45.2 Å². The molecule has 2 rings (SSSR count). The van der Waals surface area contributed by atoms with Crippen LogP contribution in [0.25, 0.3) is 0 Å². The van der Waals surface area contributed by atoms with Crippen LogP contribution in [0.3, 0.4) is 0 Å². The summed E-state index contributed by atoms with van der Waals surface area (Å²) in [6, 6.07) is 0. The van der Waals surface area contributed by atoms with Crippen molar-refractivity contribution in [1.29, 1.82) is 0 Å². The molecule has 0 radical (unpaired) electrons. The Morgan fingerprint density at radius 2 is 2.32 bits per heavy atom. The van der Waals surface area contributed by atoms with E-state index < -0.39 is 10.2 Å². The second-order valence-corrected chi connectivity index (χ2v) is 6.50. The number of piperidine rings is 1. The van der Waals surface area contributed by atoms with E-state index in [1.165, 1.54) is 4.31 Å². The standard InChI is InChI=1S/C11H20N4O3S/c16-9-11-2-1-5-15(8-11)19(17,18)13-4-7-14-6-3-12-10-14/h3,6,10-11,13,16H,1-2,4-5,7-9H2. The molecule has 1 atom stereocenters. The van der Waals surface area contributed by atoms with Crippen LogP contribution in [0.15, 0.2) is 18.7 Å². The third kappa shape index (κ3) is 4.00. The molecule has 0 aromatic carbocycles. The quantitative estimate of drug-likeness (QED) is 0.733. The molecule has 2 heterocycles. The Bertz CT molecular complexity index is 474. The SMILES string of the molecule is O=S(=O)(NCCn1ccnc1)N1CCCC(CO)C1.